The molecule has 0 aromatic heterocycles. The third kappa shape index (κ3) is 16.1. The van der Waals surface area contributed by atoms with Crippen molar-refractivity contribution < 1.29 is 87.8 Å². The van der Waals surface area contributed by atoms with Crippen molar-refractivity contribution in [3.05, 3.63) is 40.4 Å². The molecule has 0 saturated heterocycles. The smallest absolute Gasteiger partial charge is 0.807 e. The van der Waals surface area contributed by atoms with E-state index in [1.165, 1.54) is 57.1 Å². The second-order valence-corrected chi connectivity index (χ2v) is 10.4. The summed E-state index contributed by atoms with van der Waals surface area (Å²) < 4.78 is 22.4. The van der Waals surface area contributed by atoms with Crippen LogP contribution in [-0.2, 0) is 9.13 Å². The fourth-order valence-electron chi connectivity index (χ4n) is 2.87. The standard InChI is InChI=1S/C21H32O6P2.2Na/c1-2-3-4-5-6-7-8-9-10-11-12-14-19-15-13-16-20(17-19)18-21(28(22,23)24)29(25,26)27;;/h13,15-18H,2-11H2,1H3,(H2,22,23,24)(H2,25,26,27);;/q;2*+1/p-2. The van der Waals surface area contributed by atoms with Gasteiger partial charge in [-0.25, -0.2) is 0 Å². The summed E-state index contributed by atoms with van der Waals surface area (Å²) in [4.78, 5) is 40.5. The Hall–Kier alpha value is 0.820. The fraction of sp³-hybridized carbons (Fsp3) is 0.524. The molecule has 1 aromatic rings. The van der Waals surface area contributed by atoms with Gasteiger partial charge in [0.2, 0.25) is 0 Å². The Morgan fingerprint density at radius 3 is 2.03 bits per heavy atom. The van der Waals surface area contributed by atoms with Crippen molar-refractivity contribution in [3.63, 3.8) is 0 Å². The molecule has 1 rings (SSSR count). The van der Waals surface area contributed by atoms with Crippen LogP contribution in [0.5, 0.6) is 0 Å². The average molecular weight is 486 g/mol. The van der Waals surface area contributed by atoms with Crippen LogP contribution in [0.1, 0.15) is 82.3 Å². The zero-order valence-electron chi connectivity index (χ0n) is 18.9. The van der Waals surface area contributed by atoms with Gasteiger partial charge in [0.05, 0.1) is 5.06 Å². The maximum Gasteiger partial charge on any atom is 1.00 e. The predicted octanol–water partition coefficient (Wildman–Crippen LogP) is -1.64. The molecule has 0 amide bonds. The maximum absolute atomic E-state index is 11.3. The number of benzene rings is 1. The molecule has 0 aliphatic rings. The number of rotatable bonds is 12. The molecule has 0 spiro atoms. The van der Waals surface area contributed by atoms with Crippen molar-refractivity contribution in [2.45, 2.75) is 71.1 Å². The molecule has 10 heteroatoms. The fourth-order valence-corrected chi connectivity index (χ4v) is 4.77. The first kappa shape index (κ1) is 34.0. The summed E-state index contributed by atoms with van der Waals surface area (Å²) in [5.41, 5.74) is 0.788. The topological polar surface area (TPSA) is 121 Å². The van der Waals surface area contributed by atoms with Gasteiger partial charge in [0.25, 0.3) is 0 Å². The molecule has 0 bridgehead atoms. The predicted molar refractivity (Wildman–Crippen MR) is 113 cm³/mol. The van der Waals surface area contributed by atoms with Gasteiger partial charge in [-0.05, 0) is 37.8 Å². The van der Waals surface area contributed by atoms with E-state index in [0.717, 1.165) is 19.3 Å². The Labute approximate surface area is 230 Å². The number of hydrogen-bond donors (Lipinski definition) is 2. The van der Waals surface area contributed by atoms with Gasteiger partial charge in [0.15, 0.2) is 0 Å². The Kier molecular flexibility index (Phi) is 19.9. The number of unbranched alkanes of at least 4 members (excludes halogenated alkanes) is 9. The van der Waals surface area contributed by atoms with Crippen LogP contribution in [0, 0.1) is 11.8 Å². The Balaban J connectivity index is 0. The summed E-state index contributed by atoms with van der Waals surface area (Å²) in [6.07, 6.45) is 12.6. The monoisotopic (exact) mass is 486 g/mol. The summed E-state index contributed by atoms with van der Waals surface area (Å²) in [6, 6.07) is 6.25. The summed E-state index contributed by atoms with van der Waals surface area (Å²) >= 11 is 0. The molecule has 0 fully saturated rings. The van der Waals surface area contributed by atoms with E-state index in [2.05, 4.69) is 18.8 Å². The zero-order valence-corrected chi connectivity index (χ0v) is 24.7. The first-order chi connectivity index (χ1) is 13.6. The normalized spacial score (nSPS) is 11.7. The van der Waals surface area contributed by atoms with Crippen LogP contribution in [0.3, 0.4) is 0 Å². The molecular formula is C21H30Na2O6P2. The molecule has 0 heterocycles. The minimum absolute atomic E-state index is 0. The van der Waals surface area contributed by atoms with Crippen molar-refractivity contribution in [2.75, 3.05) is 0 Å². The van der Waals surface area contributed by atoms with Gasteiger partial charge in [0.1, 0.15) is 0 Å². The zero-order chi connectivity index (χ0) is 21.8. The molecule has 0 radical (unpaired) electrons. The molecule has 31 heavy (non-hydrogen) atoms. The molecule has 0 saturated carbocycles. The van der Waals surface area contributed by atoms with Gasteiger partial charge >= 0.3 is 66.7 Å². The summed E-state index contributed by atoms with van der Waals surface area (Å²) in [7, 11) is -10.8. The second kappa shape index (κ2) is 18.2. The van der Waals surface area contributed by atoms with Crippen LogP contribution in [0.25, 0.3) is 6.08 Å². The van der Waals surface area contributed by atoms with Gasteiger partial charge in [-0.1, -0.05) is 82.3 Å². The van der Waals surface area contributed by atoms with Crippen molar-refractivity contribution in [1.29, 1.82) is 0 Å². The molecular weight excluding hydrogens is 456 g/mol. The first-order valence-electron chi connectivity index (χ1n) is 10.0. The Bertz CT molecular complexity index is 797. The van der Waals surface area contributed by atoms with E-state index in [1.54, 1.807) is 12.1 Å². The quantitative estimate of drug-likeness (QED) is 0.158. The minimum atomic E-state index is -5.56. The van der Waals surface area contributed by atoms with Crippen LogP contribution in [0.15, 0.2) is 29.3 Å². The van der Waals surface area contributed by atoms with Crippen LogP contribution in [0.4, 0.5) is 0 Å². The Morgan fingerprint density at radius 1 is 0.968 bits per heavy atom. The van der Waals surface area contributed by atoms with Crippen LogP contribution in [0.2, 0.25) is 0 Å². The van der Waals surface area contributed by atoms with Gasteiger partial charge < -0.3 is 24.1 Å². The third-order valence-electron chi connectivity index (χ3n) is 4.40. The van der Waals surface area contributed by atoms with E-state index >= 15 is 0 Å². The summed E-state index contributed by atoms with van der Waals surface area (Å²) in [5.74, 6) is 6.02. The van der Waals surface area contributed by atoms with Gasteiger partial charge in [-0.15, -0.1) is 0 Å². The van der Waals surface area contributed by atoms with Crippen LogP contribution in [-0.4, -0.2) is 9.79 Å². The van der Waals surface area contributed by atoms with E-state index in [0.29, 0.717) is 11.6 Å². The largest absolute Gasteiger partial charge is 1.00 e. The average Bonchev–Trinajstić information content (AvgIpc) is 2.63. The minimum Gasteiger partial charge on any atom is -0.807 e. The molecule has 0 atom stereocenters. The Morgan fingerprint density at radius 2 is 1.52 bits per heavy atom. The second-order valence-electron chi connectivity index (χ2n) is 7.05. The molecule has 0 aliphatic heterocycles. The SMILES string of the molecule is CCCCCCCCCCCC#Cc1cccc(C=C(P(=O)([O-])[O-])P(=O)(O)O)c1.[Na+].[Na+]. The third-order valence-corrected chi connectivity index (χ3v) is 7.33. The first-order valence-corrected chi connectivity index (χ1v) is 13.2. The molecule has 1 aromatic carbocycles. The van der Waals surface area contributed by atoms with Crippen LogP contribution >= 0.6 is 15.2 Å². The molecule has 6 nitrogen and oxygen atoms in total. The van der Waals surface area contributed by atoms with Crippen LogP contribution < -0.4 is 68.9 Å². The van der Waals surface area contributed by atoms with Gasteiger partial charge in [-0.3, -0.25) is 4.57 Å². The maximum atomic E-state index is 11.3. The van der Waals surface area contributed by atoms with E-state index < -0.39 is 20.2 Å². The van der Waals surface area contributed by atoms with E-state index in [-0.39, 0.29) is 64.7 Å². The van der Waals surface area contributed by atoms with E-state index in [1.807, 2.05) is 0 Å². The van der Waals surface area contributed by atoms with E-state index in [4.69, 9.17) is 9.79 Å². The number of hydrogen-bond acceptors (Lipinski definition) is 4. The van der Waals surface area contributed by atoms with Gasteiger partial charge in [0, 0.05) is 12.0 Å². The van der Waals surface area contributed by atoms with Gasteiger partial charge in [-0.2, -0.15) is 0 Å². The molecule has 162 valence electrons. The summed E-state index contributed by atoms with van der Waals surface area (Å²) in [5, 5.41) is -1.41. The van der Waals surface area contributed by atoms with Crippen molar-refractivity contribution in [2.24, 2.45) is 0 Å². The molecule has 0 unspecified atom stereocenters. The molecule has 2 N–H and O–H groups in total. The van der Waals surface area contributed by atoms with Crippen molar-refractivity contribution >= 4 is 21.3 Å². The van der Waals surface area contributed by atoms with E-state index in [9.17, 15) is 18.9 Å². The summed E-state index contributed by atoms with van der Waals surface area (Å²) in [6.45, 7) is 2.21. The van der Waals surface area contributed by atoms with Crippen molar-refractivity contribution in [3.8, 4) is 11.8 Å². The van der Waals surface area contributed by atoms with Crippen molar-refractivity contribution in [1.82, 2.24) is 0 Å². The molecule has 0 aliphatic carbocycles.